The third-order valence-corrected chi connectivity index (χ3v) is 8.36. The normalized spacial score (nSPS) is 16.7. The second-order valence-corrected chi connectivity index (χ2v) is 11.2. The molecule has 3 heterocycles. The van der Waals surface area contributed by atoms with Gasteiger partial charge in [-0.25, -0.2) is 31.7 Å². The van der Waals surface area contributed by atoms with Crippen molar-refractivity contribution in [1.82, 2.24) is 35.6 Å². The number of nitrogen functional groups attached to an aromatic ring is 1. The number of aromatic nitrogens is 5. The molecule has 1 aliphatic rings. The summed E-state index contributed by atoms with van der Waals surface area (Å²) in [5.74, 6) is 0.107. The van der Waals surface area contributed by atoms with E-state index in [-0.39, 0.29) is 17.2 Å². The van der Waals surface area contributed by atoms with E-state index in [0.717, 1.165) is 5.39 Å². The first-order valence-corrected chi connectivity index (χ1v) is 13.5. The van der Waals surface area contributed by atoms with Gasteiger partial charge >= 0.3 is 0 Å². The van der Waals surface area contributed by atoms with Crippen molar-refractivity contribution in [2.24, 2.45) is 5.14 Å². The molecule has 182 valence electrons. The van der Waals surface area contributed by atoms with Crippen molar-refractivity contribution in [2.75, 3.05) is 18.8 Å². The molecule has 0 spiro atoms. The summed E-state index contributed by atoms with van der Waals surface area (Å²) in [6, 6.07) is 11.0. The second kappa shape index (κ2) is 8.62. The highest BCUT2D eigenvalue weighted by molar-refractivity contribution is 7.92. The topological polar surface area (TPSA) is 212 Å². The Kier molecular flexibility index (Phi) is 5.72. The van der Waals surface area contributed by atoms with E-state index in [4.69, 9.17) is 10.9 Å². The van der Waals surface area contributed by atoms with Crippen molar-refractivity contribution < 1.29 is 16.8 Å². The fraction of sp³-hybridized carbons (Fsp3) is 0.200. The average molecular weight is 516 g/mol. The summed E-state index contributed by atoms with van der Waals surface area (Å²) >= 11 is 0. The molecule has 2 aromatic heterocycles. The number of hydrogen-bond acceptors (Lipinski definition) is 10. The second-order valence-electron chi connectivity index (χ2n) is 8.02. The number of aromatic amines is 1. The van der Waals surface area contributed by atoms with E-state index in [2.05, 4.69) is 35.6 Å². The van der Waals surface area contributed by atoms with Gasteiger partial charge in [-0.3, -0.25) is 0 Å². The molecular formula is C20H21N9O4S2. The standard InChI is InChI=1S/C20H21N9O4S2/c21-16-7-4-11-2-1-3-14(18(11)24-16)13-5-6-15(35(32,33)27-12-8-9-23-10-12)19(34(22,30)31)17(13)20-25-28-29-26-20/h1-7,12,23,27H,8-10H2,(H2,21,24)(H2,22,30,31)(H,25,26,28,29). The highest BCUT2D eigenvalue weighted by Crippen LogP contribution is 2.40. The molecule has 1 aliphatic heterocycles. The Morgan fingerprint density at radius 2 is 1.86 bits per heavy atom. The van der Waals surface area contributed by atoms with Gasteiger partial charge in [0.05, 0.1) is 11.1 Å². The first-order chi connectivity index (χ1) is 16.6. The number of pyridine rings is 1. The maximum atomic E-state index is 13.3. The van der Waals surface area contributed by atoms with Crippen LogP contribution in [-0.4, -0.2) is 61.6 Å². The van der Waals surface area contributed by atoms with Crippen LogP contribution in [0.15, 0.2) is 52.3 Å². The van der Waals surface area contributed by atoms with Crippen LogP contribution in [0.4, 0.5) is 5.82 Å². The molecule has 5 rings (SSSR count). The molecule has 2 aromatic carbocycles. The molecule has 0 amide bonds. The van der Waals surface area contributed by atoms with Gasteiger partial charge in [0.2, 0.25) is 25.9 Å². The number of hydrogen-bond donors (Lipinski definition) is 5. The van der Waals surface area contributed by atoms with Gasteiger partial charge in [0.25, 0.3) is 0 Å². The Labute approximate surface area is 200 Å². The Balaban J connectivity index is 1.84. The summed E-state index contributed by atoms with van der Waals surface area (Å²) in [6.07, 6.45) is 0.558. The third-order valence-electron chi connectivity index (χ3n) is 5.68. The zero-order valence-corrected chi connectivity index (χ0v) is 19.8. The number of tetrazole rings is 1. The summed E-state index contributed by atoms with van der Waals surface area (Å²) in [4.78, 5) is 3.25. The van der Waals surface area contributed by atoms with Gasteiger partial charge in [-0.05, 0) is 41.9 Å². The van der Waals surface area contributed by atoms with E-state index in [1.54, 1.807) is 24.3 Å². The van der Waals surface area contributed by atoms with Crippen LogP contribution in [0, 0.1) is 0 Å². The van der Waals surface area contributed by atoms with Crippen molar-refractivity contribution in [2.45, 2.75) is 22.3 Å². The number of fused-ring (bicyclic) bond motifs is 1. The van der Waals surface area contributed by atoms with E-state index in [9.17, 15) is 16.8 Å². The Morgan fingerprint density at radius 1 is 1.03 bits per heavy atom. The first-order valence-electron chi connectivity index (χ1n) is 10.5. The number of H-pyrrole nitrogens is 1. The Bertz CT molecular complexity index is 1630. The van der Waals surface area contributed by atoms with Crippen molar-refractivity contribution >= 4 is 36.8 Å². The lowest BCUT2D eigenvalue weighted by Gasteiger charge is -2.18. The zero-order valence-electron chi connectivity index (χ0n) is 18.1. The summed E-state index contributed by atoms with van der Waals surface area (Å²) < 4.78 is 55.0. The molecule has 0 aliphatic carbocycles. The molecular weight excluding hydrogens is 494 g/mol. The fourth-order valence-electron chi connectivity index (χ4n) is 4.19. The molecule has 35 heavy (non-hydrogen) atoms. The fourth-order valence-corrected chi connectivity index (χ4v) is 7.06. The van der Waals surface area contributed by atoms with Crippen LogP contribution in [0.3, 0.4) is 0 Å². The number of sulfonamides is 2. The lowest BCUT2D eigenvalue weighted by atomic mass is 9.96. The van der Waals surface area contributed by atoms with Gasteiger partial charge in [-0.15, -0.1) is 10.2 Å². The first kappa shape index (κ1) is 23.3. The molecule has 7 N–H and O–H groups in total. The van der Waals surface area contributed by atoms with E-state index < -0.39 is 35.9 Å². The van der Waals surface area contributed by atoms with Crippen LogP contribution in [0.1, 0.15) is 6.42 Å². The minimum Gasteiger partial charge on any atom is -0.384 e. The average Bonchev–Trinajstić information content (AvgIpc) is 3.51. The largest absolute Gasteiger partial charge is 0.384 e. The molecule has 13 nitrogen and oxygen atoms in total. The summed E-state index contributed by atoms with van der Waals surface area (Å²) in [6.45, 7) is 1.06. The molecule has 0 saturated carbocycles. The Hall–Kier alpha value is -3.50. The smallest absolute Gasteiger partial charge is 0.242 e. The quantitative estimate of drug-likeness (QED) is 0.231. The maximum absolute atomic E-state index is 13.3. The summed E-state index contributed by atoms with van der Waals surface area (Å²) in [5, 5.41) is 23.1. The molecule has 1 saturated heterocycles. The number of nitrogens with two attached hydrogens (primary N) is 2. The van der Waals surface area contributed by atoms with Crippen LogP contribution < -0.4 is 20.9 Å². The van der Waals surface area contributed by atoms with E-state index >= 15 is 0 Å². The van der Waals surface area contributed by atoms with Gasteiger partial charge in [0, 0.05) is 23.5 Å². The van der Waals surface area contributed by atoms with Crippen LogP contribution in [0.25, 0.3) is 33.4 Å². The zero-order chi connectivity index (χ0) is 24.8. The van der Waals surface area contributed by atoms with Gasteiger partial charge in [-0.1, -0.05) is 24.3 Å². The van der Waals surface area contributed by atoms with E-state index in [1.165, 1.54) is 12.1 Å². The van der Waals surface area contributed by atoms with E-state index in [1.807, 2.05) is 6.07 Å². The van der Waals surface area contributed by atoms with Crippen molar-refractivity contribution in [1.29, 1.82) is 0 Å². The van der Waals surface area contributed by atoms with Gasteiger partial charge in [0.1, 0.15) is 15.6 Å². The number of primary sulfonamides is 1. The molecule has 1 fully saturated rings. The lowest BCUT2D eigenvalue weighted by Crippen LogP contribution is -2.37. The lowest BCUT2D eigenvalue weighted by molar-refractivity contribution is 0.555. The highest BCUT2D eigenvalue weighted by atomic mass is 32.2. The minimum atomic E-state index is -4.60. The van der Waals surface area contributed by atoms with Crippen LogP contribution in [-0.2, 0) is 20.0 Å². The monoisotopic (exact) mass is 515 g/mol. The Morgan fingerprint density at radius 3 is 2.54 bits per heavy atom. The molecule has 0 bridgehead atoms. The number of rotatable bonds is 6. The van der Waals surface area contributed by atoms with Crippen molar-refractivity contribution in [3.8, 4) is 22.5 Å². The predicted molar refractivity (Wildman–Crippen MR) is 128 cm³/mol. The van der Waals surface area contributed by atoms with Crippen LogP contribution >= 0.6 is 0 Å². The number of para-hydroxylation sites is 1. The molecule has 4 aromatic rings. The highest BCUT2D eigenvalue weighted by Gasteiger charge is 2.34. The third kappa shape index (κ3) is 4.35. The number of benzene rings is 2. The number of nitrogens with zero attached hydrogens (tertiary/aromatic N) is 4. The maximum Gasteiger partial charge on any atom is 0.242 e. The summed E-state index contributed by atoms with van der Waals surface area (Å²) in [7, 11) is -8.89. The van der Waals surface area contributed by atoms with Crippen molar-refractivity contribution in [3.05, 3.63) is 42.5 Å². The van der Waals surface area contributed by atoms with Gasteiger partial charge in [-0.2, -0.15) is 5.21 Å². The van der Waals surface area contributed by atoms with Crippen molar-refractivity contribution in [3.63, 3.8) is 0 Å². The number of anilines is 1. The van der Waals surface area contributed by atoms with Crippen LogP contribution in [0.5, 0.6) is 0 Å². The molecule has 0 radical (unpaired) electrons. The summed E-state index contributed by atoms with van der Waals surface area (Å²) in [5.41, 5.74) is 7.03. The van der Waals surface area contributed by atoms with Gasteiger partial charge < -0.3 is 11.1 Å². The SMILES string of the molecule is Nc1ccc2cccc(-c3ccc(S(=O)(=O)NC4CCNC4)c(S(N)(=O)=O)c3-c3nn[nH]n3)c2n1. The molecule has 15 heteroatoms. The molecule has 1 unspecified atom stereocenters. The molecule has 1 atom stereocenters. The predicted octanol–water partition coefficient (Wildman–Crippen LogP) is -0.0483. The van der Waals surface area contributed by atoms with Crippen LogP contribution in [0.2, 0.25) is 0 Å². The number of nitrogens with one attached hydrogen (secondary N) is 3. The van der Waals surface area contributed by atoms with Gasteiger partial charge in [0.15, 0.2) is 0 Å². The van der Waals surface area contributed by atoms with E-state index in [0.29, 0.717) is 36.2 Å². The minimum absolute atomic E-state index is 0.120.